The number of carbonyl (C=O) groups is 2. The predicted octanol–water partition coefficient (Wildman–Crippen LogP) is 5.55. The molecule has 0 bridgehead atoms. The van der Waals surface area contributed by atoms with Gasteiger partial charge in [-0.15, -0.1) is 0 Å². The van der Waals surface area contributed by atoms with Crippen LogP contribution in [-0.2, 0) is 9.53 Å². The van der Waals surface area contributed by atoms with Crippen molar-refractivity contribution in [2.24, 2.45) is 0 Å². The van der Waals surface area contributed by atoms with Crippen molar-refractivity contribution in [3.05, 3.63) is 41.5 Å². The third-order valence-electron chi connectivity index (χ3n) is 5.47. The van der Waals surface area contributed by atoms with Crippen molar-refractivity contribution in [2.45, 2.75) is 90.8 Å². The molecule has 0 spiro atoms. The Bertz CT molecular complexity index is 714. The smallest absolute Gasteiger partial charge is 0.410 e. The van der Waals surface area contributed by atoms with Gasteiger partial charge in [-0.2, -0.15) is 0 Å². The van der Waals surface area contributed by atoms with E-state index in [1.807, 2.05) is 43.9 Å². The maximum atomic E-state index is 13.0. The van der Waals surface area contributed by atoms with E-state index in [0.29, 0.717) is 6.54 Å². The zero-order valence-electron chi connectivity index (χ0n) is 19.2. The van der Waals surface area contributed by atoms with E-state index in [1.165, 1.54) is 11.1 Å². The molecule has 1 aromatic carbocycles. The average molecular weight is 415 g/mol. The van der Waals surface area contributed by atoms with Gasteiger partial charge in [0, 0.05) is 25.6 Å². The quantitative estimate of drug-likeness (QED) is 0.636. The SMILES string of the molecule is CC/C(=C\c1ccccc1)CCN(C(=O)OC(C)(C)C)C1CCC(NC(C)=O)CC1. The highest BCUT2D eigenvalue weighted by molar-refractivity contribution is 5.73. The molecular weight excluding hydrogens is 376 g/mol. The Kier molecular flexibility index (Phi) is 8.94. The number of amides is 2. The van der Waals surface area contributed by atoms with Gasteiger partial charge in [0.15, 0.2) is 0 Å². The number of rotatable bonds is 7. The third kappa shape index (κ3) is 8.21. The van der Waals surface area contributed by atoms with Gasteiger partial charge in [0.2, 0.25) is 5.91 Å². The lowest BCUT2D eigenvalue weighted by atomic mass is 9.90. The number of hydrogen-bond acceptors (Lipinski definition) is 3. The minimum absolute atomic E-state index is 0.0149. The molecule has 1 fully saturated rings. The van der Waals surface area contributed by atoms with E-state index in [-0.39, 0.29) is 24.1 Å². The van der Waals surface area contributed by atoms with Crippen LogP contribution in [0.3, 0.4) is 0 Å². The normalized spacial score (nSPS) is 19.8. The first-order chi connectivity index (χ1) is 14.2. The molecule has 2 amide bonds. The zero-order chi connectivity index (χ0) is 22.1. The number of hydrogen-bond donors (Lipinski definition) is 1. The summed E-state index contributed by atoms with van der Waals surface area (Å²) in [6.07, 6.45) is 7.32. The number of carbonyl (C=O) groups excluding carboxylic acids is 2. The van der Waals surface area contributed by atoms with Crippen LogP contribution in [-0.4, -0.2) is 41.1 Å². The van der Waals surface area contributed by atoms with Crippen molar-refractivity contribution in [1.29, 1.82) is 0 Å². The first kappa shape index (κ1) is 24.0. The van der Waals surface area contributed by atoms with Crippen LogP contribution in [0.15, 0.2) is 35.9 Å². The second-order valence-corrected chi connectivity index (χ2v) is 9.20. The highest BCUT2D eigenvalue weighted by Gasteiger charge is 2.31. The molecule has 1 N–H and O–H groups in total. The number of nitrogens with zero attached hydrogens (tertiary/aromatic N) is 1. The van der Waals surface area contributed by atoms with Crippen LogP contribution < -0.4 is 5.32 Å². The van der Waals surface area contributed by atoms with Gasteiger partial charge in [0.05, 0.1) is 0 Å². The van der Waals surface area contributed by atoms with Gasteiger partial charge in [0.1, 0.15) is 5.60 Å². The lowest BCUT2D eigenvalue weighted by Crippen LogP contribution is -2.47. The molecule has 5 heteroatoms. The molecule has 0 aliphatic heterocycles. The summed E-state index contributed by atoms with van der Waals surface area (Å²) in [6.45, 7) is 10.1. The Balaban J connectivity index is 2.07. The van der Waals surface area contributed by atoms with Crippen molar-refractivity contribution >= 4 is 18.1 Å². The summed E-state index contributed by atoms with van der Waals surface area (Å²) in [6, 6.07) is 10.7. The van der Waals surface area contributed by atoms with Crippen molar-refractivity contribution in [3.8, 4) is 0 Å². The molecular formula is C25H38N2O3. The predicted molar refractivity (Wildman–Crippen MR) is 122 cm³/mol. The second kappa shape index (κ2) is 11.2. The molecule has 1 aliphatic rings. The minimum atomic E-state index is -0.518. The highest BCUT2D eigenvalue weighted by Crippen LogP contribution is 2.26. The first-order valence-electron chi connectivity index (χ1n) is 11.2. The summed E-state index contributed by atoms with van der Waals surface area (Å²) >= 11 is 0. The fourth-order valence-electron chi connectivity index (χ4n) is 3.96. The van der Waals surface area contributed by atoms with E-state index < -0.39 is 5.60 Å². The first-order valence-corrected chi connectivity index (χ1v) is 11.2. The van der Waals surface area contributed by atoms with Gasteiger partial charge in [-0.1, -0.05) is 48.9 Å². The summed E-state index contributed by atoms with van der Waals surface area (Å²) in [4.78, 5) is 26.3. The Morgan fingerprint density at radius 1 is 1.13 bits per heavy atom. The summed E-state index contributed by atoms with van der Waals surface area (Å²) in [5.74, 6) is 0.0149. The van der Waals surface area contributed by atoms with Crippen LogP contribution in [0.25, 0.3) is 6.08 Å². The third-order valence-corrected chi connectivity index (χ3v) is 5.47. The van der Waals surface area contributed by atoms with Crippen molar-refractivity contribution in [2.75, 3.05) is 6.54 Å². The van der Waals surface area contributed by atoms with Crippen LogP contribution >= 0.6 is 0 Å². The van der Waals surface area contributed by atoms with E-state index in [1.54, 1.807) is 6.92 Å². The molecule has 30 heavy (non-hydrogen) atoms. The van der Waals surface area contributed by atoms with E-state index >= 15 is 0 Å². The molecule has 0 saturated heterocycles. The monoisotopic (exact) mass is 414 g/mol. The Morgan fingerprint density at radius 2 is 1.77 bits per heavy atom. The molecule has 1 aromatic rings. The van der Waals surface area contributed by atoms with Crippen LogP contribution in [0, 0.1) is 0 Å². The van der Waals surface area contributed by atoms with Crippen molar-refractivity contribution in [3.63, 3.8) is 0 Å². The molecule has 0 aromatic heterocycles. The molecule has 166 valence electrons. The van der Waals surface area contributed by atoms with E-state index in [0.717, 1.165) is 38.5 Å². The summed E-state index contributed by atoms with van der Waals surface area (Å²) < 4.78 is 5.73. The molecule has 1 saturated carbocycles. The van der Waals surface area contributed by atoms with Crippen LogP contribution in [0.1, 0.15) is 78.7 Å². The maximum absolute atomic E-state index is 13.0. The van der Waals surface area contributed by atoms with Gasteiger partial charge >= 0.3 is 6.09 Å². The second-order valence-electron chi connectivity index (χ2n) is 9.20. The van der Waals surface area contributed by atoms with Crippen molar-refractivity contribution in [1.82, 2.24) is 10.2 Å². The van der Waals surface area contributed by atoms with Gasteiger partial charge < -0.3 is 15.0 Å². The lowest BCUT2D eigenvalue weighted by Gasteiger charge is -2.38. The highest BCUT2D eigenvalue weighted by atomic mass is 16.6. The summed E-state index contributed by atoms with van der Waals surface area (Å²) in [5.41, 5.74) is 1.99. The zero-order valence-corrected chi connectivity index (χ0v) is 19.2. The van der Waals surface area contributed by atoms with Gasteiger partial charge in [0.25, 0.3) is 0 Å². The molecule has 0 heterocycles. The molecule has 5 nitrogen and oxygen atoms in total. The van der Waals surface area contributed by atoms with Gasteiger partial charge in [-0.3, -0.25) is 4.79 Å². The number of benzene rings is 1. The fourth-order valence-corrected chi connectivity index (χ4v) is 3.96. The Labute approximate surface area is 181 Å². The van der Waals surface area contributed by atoms with Crippen LogP contribution in [0.2, 0.25) is 0 Å². The molecule has 1 aliphatic carbocycles. The van der Waals surface area contributed by atoms with E-state index in [9.17, 15) is 9.59 Å². The van der Waals surface area contributed by atoms with Crippen molar-refractivity contribution < 1.29 is 14.3 Å². The van der Waals surface area contributed by atoms with Gasteiger partial charge in [-0.25, -0.2) is 4.79 Å². The standard InChI is InChI=1S/C25H38N2O3/c1-6-20(18-21-10-8-7-9-11-21)16-17-27(24(29)30-25(3,4)5)23-14-12-22(13-15-23)26-19(2)28/h7-11,18,22-23H,6,12-17H2,1-5H3,(H,26,28)/b20-18+. The van der Waals surface area contributed by atoms with E-state index in [2.05, 4.69) is 30.4 Å². The van der Waals surface area contributed by atoms with Crippen LogP contribution in [0.5, 0.6) is 0 Å². The van der Waals surface area contributed by atoms with Crippen LogP contribution in [0.4, 0.5) is 4.79 Å². The summed E-state index contributed by atoms with van der Waals surface area (Å²) in [5, 5.41) is 3.01. The summed E-state index contributed by atoms with van der Waals surface area (Å²) in [7, 11) is 0. The maximum Gasteiger partial charge on any atom is 0.410 e. The average Bonchev–Trinajstić information content (AvgIpc) is 2.67. The lowest BCUT2D eigenvalue weighted by molar-refractivity contribution is -0.120. The number of nitrogens with one attached hydrogen (secondary N) is 1. The van der Waals surface area contributed by atoms with Gasteiger partial charge in [-0.05, 0) is 64.9 Å². The minimum Gasteiger partial charge on any atom is -0.444 e. The molecule has 0 radical (unpaired) electrons. The van der Waals surface area contributed by atoms with E-state index in [4.69, 9.17) is 4.74 Å². The largest absolute Gasteiger partial charge is 0.444 e. The fraction of sp³-hybridized carbons (Fsp3) is 0.600. The topological polar surface area (TPSA) is 58.6 Å². The molecule has 0 atom stereocenters. The molecule has 2 rings (SSSR count). The Morgan fingerprint density at radius 3 is 2.30 bits per heavy atom. The Hall–Kier alpha value is -2.30. The number of ether oxygens (including phenoxy) is 1. The molecule has 0 unspecified atom stereocenters.